The van der Waals surface area contributed by atoms with E-state index in [1.54, 1.807) is 31.3 Å². The first-order valence-corrected chi connectivity index (χ1v) is 8.00. The Bertz CT molecular complexity index is 637. The zero-order valence-electron chi connectivity index (χ0n) is 10.8. The lowest BCUT2D eigenvalue weighted by Crippen LogP contribution is -2.20. The molecular formula is C14H15NO2S2. The van der Waals surface area contributed by atoms with Crippen molar-refractivity contribution < 1.29 is 8.42 Å². The van der Waals surface area contributed by atoms with Crippen LogP contribution in [0.25, 0.3) is 0 Å². The van der Waals surface area contributed by atoms with Crippen LogP contribution in [0.15, 0.2) is 64.4 Å². The molecule has 3 nitrogen and oxygen atoms in total. The van der Waals surface area contributed by atoms with Gasteiger partial charge in [-0.25, -0.2) is 8.42 Å². The Balaban J connectivity index is 2.22. The molecule has 2 aromatic carbocycles. The first-order chi connectivity index (χ1) is 9.00. The largest absolute Gasteiger partial charge is 0.252 e. The molecule has 5 heteroatoms. The molecule has 0 amide bonds. The summed E-state index contributed by atoms with van der Waals surface area (Å²) in [6, 6.07) is 16.3. The van der Waals surface area contributed by atoms with Crippen molar-refractivity contribution in [2.75, 3.05) is 7.05 Å². The predicted molar refractivity (Wildman–Crippen MR) is 78.4 cm³/mol. The lowest BCUT2D eigenvalue weighted by molar-refractivity contribution is 0.564. The molecule has 0 saturated carbocycles. The van der Waals surface area contributed by atoms with Gasteiger partial charge in [0.1, 0.15) is 0 Å². The summed E-state index contributed by atoms with van der Waals surface area (Å²) in [5.41, 5.74) is 1.04. The van der Waals surface area contributed by atoms with Crippen molar-refractivity contribution in [3.8, 4) is 0 Å². The smallest absolute Gasteiger partial charge is 0.206 e. The van der Waals surface area contributed by atoms with Crippen molar-refractivity contribution in [2.45, 2.75) is 16.7 Å². The molecule has 2 rings (SSSR count). The molecule has 0 fully saturated rings. The highest BCUT2D eigenvalue weighted by Gasteiger charge is 2.21. The SMILES string of the molecule is Cc1ccc(S(=O)(=O)N(C)Sc2ccccc2)cc1. The standard InChI is InChI=1S/C14H15NO2S2/c1-12-8-10-14(11-9-12)19(16,17)15(2)18-13-6-4-3-5-7-13/h3-11H,1-2H3. The summed E-state index contributed by atoms with van der Waals surface area (Å²) in [5.74, 6) is 0. The number of hydrogen-bond acceptors (Lipinski definition) is 3. The fraction of sp³-hybridized carbons (Fsp3) is 0.143. The lowest BCUT2D eigenvalue weighted by Gasteiger charge is -2.16. The molecule has 0 aliphatic rings. The topological polar surface area (TPSA) is 37.4 Å². The maximum atomic E-state index is 12.4. The second-order valence-corrected chi connectivity index (χ2v) is 7.53. The van der Waals surface area contributed by atoms with Gasteiger partial charge in [-0.15, -0.1) is 3.71 Å². The van der Waals surface area contributed by atoms with E-state index < -0.39 is 10.0 Å². The van der Waals surface area contributed by atoms with E-state index >= 15 is 0 Å². The van der Waals surface area contributed by atoms with Gasteiger partial charge in [-0.1, -0.05) is 35.9 Å². The van der Waals surface area contributed by atoms with Gasteiger partial charge in [0, 0.05) is 11.9 Å². The number of nitrogens with zero attached hydrogens (tertiary/aromatic N) is 1. The molecule has 0 heterocycles. The predicted octanol–water partition coefficient (Wildman–Crippen LogP) is 3.32. The molecule has 0 aromatic heterocycles. The van der Waals surface area contributed by atoms with Crippen LogP contribution < -0.4 is 0 Å². The van der Waals surface area contributed by atoms with Crippen LogP contribution in [0.4, 0.5) is 0 Å². The van der Waals surface area contributed by atoms with Gasteiger partial charge in [-0.2, -0.15) is 0 Å². The zero-order valence-corrected chi connectivity index (χ0v) is 12.4. The molecule has 0 N–H and O–H groups in total. The van der Waals surface area contributed by atoms with Gasteiger partial charge >= 0.3 is 0 Å². The van der Waals surface area contributed by atoms with Crippen molar-refractivity contribution in [1.29, 1.82) is 0 Å². The Morgan fingerprint density at radius 1 is 0.947 bits per heavy atom. The average Bonchev–Trinajstić information content (AvgIpc) is 2.40. The second-order valence-electron chi connectivity index (χ2n) is 4.13. The van der Waals surface area contributed by atoms with Crippen molar-refractivity contribution in [3.05, 3.63) is 60.2 Å². The maximum absolute atomic E-state index is 12.4. The zero-order chi connectivity index (χ0) is 13.9. The molecule has 19 heavy (non-hydrogen) atoms. The van der Waals surface area contributed by atoms with E-state index in [0.29, 0.717) is 4.90 Å². The molecule has 100 valence electrons. The van der Waals surface area contributed by atoms with E-state index in [4.69, 9.17) is 0 Å². The molecule has 0 saturated heterocycles. The van der Waals surface area contributed by atoms with Gasteiger partial charge < -0.3 is 0 Å². The minimum Gasteiger partial charge on any atom is -0.206 e. The Labute approximate surface area is 118 Å². The van der Waals surface area contributed by atoms with Crippen LogP contribution in [0.2, 0.25) is 0 Å². The second kappa shape index (κ2) is 5.77. The lowest BCUT2D eigenvalue weighted by atomic mass is 10.2. The number of benzene rings is 2. The van der Waals surface area contributed by atoms with E-state index in [9.17, 15) is 8.42 Å². The van der Waals surface area contributed by atoms with Gasteiger partial charge in [0.05, 0.1) is 4.90 Å². The molecular weight excluding hydrogens is 278 g/mol. The number of aryl methyl sites for hydroxylation is 1. The van der Waals surface area contributed by atoms with Crippen molar-refractivity contribution in [3.63, 3.8) is 0 Å². The Morgan fingerprint density at radius 3 is 2.11 bits per heavy atom. The van der Waals surface area contributed by atoms with Crippen molar-refractivity contribution in [2.24, 2.45) is 0 Å². The minimum absolute atomic E-state index is 0.309. The van der Waals surface area contributed by atoms with E-state index in [1.807, 2.05) is 37.3 Å². The van der Waals surface area contributed by atoms with Crippen LogP contribution in [0.1, 0.15) is 5.56 Å². The van der Waals surface area contributed by atoms with Crippen molar-refractivity contribution >= 4 is 22.0 Å². The van der Waals surface area contributed by atoms with Gasteiger partial charge in [-0.05, 0) is 43.1 Å². The van der Waals surface area contributed by atoms with E-state index in [-0.39, 0.29) is 0 Å². The van der Waals surface area contributed by atoms with E-state index in [2.05, 4.69) is 0 Å². The molecule has 2 aromatic rings. The Hall–Kier alpha value is -1.30. The van der Waals surface area contributed by atoms with Crippen LogP contribution in [0.3, 0.4) is 0 Å². The van der Waals surface area contributed by atoms with Gasteiger partial charge in [0.2, 0.25) is 0 Å². The summed E-state index contributed by atoms with van der Waals surface area (Å²) in [4.78, 5) is 1.20. The summed E-state index contributed by atoms with van der Waals surface area (Å²) in [6.07, 6.45) is 0. The molecule has 0 atom stereocenters. The fourth-order valence-corrected chi connectivity index (χ4v) is 3.80. The monoisotopic (exact) mass is 293 g/mol. The molecule has 0 spiro atoms. The van der Waals surface area contributed by atoms with Gasteiger partial charge in [0.15, 0.2) is 0 Å². The van der Waals surface area contributed by atoms with Gasteiger partial charge in [-0.3, -0.25) is 0 Å². The molecule has 0 aliphatic carbocycles. The van der Waals surface area contributed by atoms with Crippen LogP contribution in [-0.2, 0) is 10.0 Å². The van der Waals surface area contributed by atoms with Crippen LogP contribution >= 0.6 is 11.9 Å². The third-order valence-electron chi connectivity index (χ3n) is 2.63. The third kappa shape index (κ3) is 3.37. The number of sulfonamides is 1. The van der Waals surface area contributed by atoms with Crippen LogP contribution in [-0.4, -0.2) is 19.2 Å². The van der Waals surface area contributed by atoms with Crippen LogP contribution in [0, 0.1) is 6.92 Å². The summed E-state index contributed by atoms with van der Waals surface area (Å²) in [7, 11) is -1.90. The fourth-order valence-electron chi connectivity index (χ4n) is 1.54. The molecule has 0 bridgehead atoms. The Morgan fingerprint density at radius 2 is 1.53 bits per heavy atom. The van der Waals surface area contributed by atoms with Crippen LogP contribution in [0.5, 0.6) is 0 Å². The third-order valence-corrected chi connectivity index (χ3v) is 5.73. The highest BCUT2D eigenvalue weighted by molar-refractivity contribution is 8.08. The highest BCUT2D eigenvalue weighted by atomic mass is 32.3. The number of hydrogen-bond donors (Lipinski definition) is 0. The molecule has 0 radical (unpaired) electrons. The average molecular weight is 293 g/mol. The quantitative estimate of drug-likeness (QED) is 0.812. The highest BCUT2D eigenvalue weighted by Crippen LogP contribution is 2.27. The first kappa shape index (κ1) is 14.1. The first-order valence-electron chi connectivity index (χ1n) is 5.79. The summed E-state index contributed by atoms with van der Waals surface area (Å²) in [5, 5.41) is 0. The molecule has 0 unspecified atom stereocenters. The van der Waals surface area contributed by atoms with Crippen molar-refractivity contribution in [1.82, 2.24) is 3.71 Å². The molecule has 0 aliphatic heterocycles. The number of rotatable bonds is 4. The summed E-state index contributed by atoms with van der Waals surface area (Å²) >= 11 is 1.19. The minimum atomic E-state index is -3.46. The van der Waals surface area contributed by atoms with E-state index in [0.717, 1.165) is 10.5 Å². The maximum Gasteiger partial charge on any atom is 0.252 e. The normalized spacial score (nSPS) is 11.7. The van der Waals surface area contributed by atoms with Gasteiger partial charge in [0.25, 0.3) is 10.0 Å². The Kier molecular flexibility index (Phi) is 4.29. The summed E-state index contributed by atoms with van der Waals surface area (Å²) in [6.45, 7) is 1.93. The van der Waals surface area contributed by atoms with E-state index in [1.165, 1.54) is 15.7 Å². The summed E-state index contributed by atoms with van der Waals surface area (Å²) < 4.78 is 26.0.